The minimum atomic E-state index is -0.706. The molecule has 2 nitrogen and oxygen atoms in total. The molecular weight excluding hydrogens is 398 g/mol. The number of carbonyl (C=O) groups is 1. The molecule has 0 aliphatic heterocycles. The van der Waals surface area contributed by atoms with Crippen LogP contribution in [0.4, 0.5) is 8.78 Å². The molecule has 1 heterocycles. The number of hydrogen-bond acceptors (Lipinski definition) is 3. The SMILES string of the molecule is CCOC(=O)c1cc(-c2ccc(F)c3cc(CBr)sc23)ccc1F. The molecular formula is C18H13BrF2O2S. The highest BCUT2D eigenvalue weighted by molar-refractivity contribution is 9.08. The summed E-state index contributed by atoms with van der Waals surface area (Å²) < 4.78 is 33.6. The Morgan fingerprint density at radius 3 is 2.62 bits per heavy atom. The van der Waals surface area contributed by atoms with E-state index in [1.807, 2.05) is 0 Å². The van der Waals surface area contributed by atoms with Gasteiger partial charge in [-0.2, -0.15) is 0 Å². The topological polar surface area (TPSA) is 26.3 Å². The van der Waals surface area contributed by atoms with Crippen LogP contribution in [-0.2, 0) is 10.1 Å². The van der Waals surface area contributed by atoms with Crippen molar-refractivity contribution < 1.29 is 18.3 Å². The number of thiophene rings is 1. The largest absolute Gasteiger partial charge is 0.462 e. The lowest BCUT2D eigenvalue weighted by Gasteiger charge is -2.08. The molecule has 24 heavy (non-hydrogen) atoms. The number of benzene rings is 2. The minimum Gasteiger partial charge on any atom is -0.462 e. The van der Waals surface area contributed by atoms with E-state index >= 15 is 0 Å². The predicted octanol–water partition coefficient (Wildman–Crippen LogP) is 5.92. The smallest absolute Gasteiger partial charge is 0.341 e. The van der Waals surface area contributed by atoms with E-state index in [2.05, 4.69) is 15.9 Å². The first kappa shape index (κ1) is 17.0. The van der Waals surface area contributed by atoms with Crippen molar-refractivity contribution in [3.05, 3.63) is 58.5 Å². The van der Waals surface area contributed by atoms with Gasteiger partial charge >= 0.3 is 5.97 Å². The van der Waals surface area contributed by atoms with E-state index < -0.39 is 11.8 Å². The normalized spacial score (nSPS) is 11.0. The van der Waals surface area contributed by atoms with E-state index in [0.29, 0.717) is 16.3 Å². The third-order valence-corrected chi connectivity index (χ3v) is 5.73. The zero-order valence-corrected chi connectivity index (χ0v) is 15.1. The van der Waals surface area contributed by atoms with Crippen molar-refractivity contribution in [3.63, 3.8) is 0 Å². The van der Waals surface area contributed by atoms with Crippen LogP contribution >= 0.6 is 27.3 Å². The van der Waals surface area contributed by atoms with Crippen LogP contribution < -0.4 is 0 Å². The van der Waals surface area contributed by atoms with Crippen molar-refractivity contribution in [1.82, 2.24) is 0 Å². The molecule has 0 atom stereocenters. The van der Waals surface area contributed by atoms with Crippen LogP contribution in [0.2, 0.25) is 0 Å². The quantitative estimate of drug-likeness (QED) is 0.394. The lowest BCUT2D eigenvalue weighted by molar-refractivity contribution is 0.0521. The molecule has 0 fully saturated rings. The summed E-state index contributed by atoms with van der Waals surface area (Å²) in [6, 6.07) is 9.09. The maximum Gasteiger partial charge on any atom is 0.341 e. The molecule has 0 saturated carbocycles. The van der Waals surface area contributed by atoms with E-state index in [4.69, 9.17) is 4.74 Å². The van der Waals surface area contributed by atoms with Gasteiger partial charge in [0.15, 0.2) is 0 Å². The first-order valence-corrected chi connectivity index (χ1v) is 9.23. The van der Waals surface area contributed by atoms with Crippen LogP contribution in [0.3, 0.4) is 0 Å². The van der Waals surface area contributed by atoms with Crippen LogP contribution in [0.25, 0.3) is 21.2 Å². The Morgan fingerprint density at radius 1 is 1.17 bits per heavy atom. The van der Waals surface area contributed by atoms with Gasteiger partial charge in [-0.1, -0.05) is 28.1 Å². The van der Waals surface area contributed by atoms with E-state index in [1.54, 1.807) is 25.1 Å². The van der Waals surface area contributed by atoms with Crippen molar-refractivity contribution in [2.24, 2.45) is 0 Å². The highest BCUT2D eigenvalue weighted by atomic mass is 79.9. The second-order valence-corrected chi connectivity index (χ2v) is 6.80. The third-order valence-electron chi connectivity index (χ3n) is 3.59. The summed E-state index contributed by atoms with van der Waals surface area (Å²) in [7, 11) is 0. The molecule has 0 unspecified atom stereocenters. The zero-order valence-electron chi connectivity index (χ0n) is 12.7. The van der Waals surface area contributed by atoms with Gasteiger partial charge in [0, 0.05) is 20.3 Å². The second-order valence-electron chi connectivity index (χ2n) is 5.10. The number of esters is 1. The fourth-order valence-corrected chi connectivity index (χ4v) is 4.05. The summed E-state index contributed by atoms with van der Waals surface area (Å²) in [6.45, 7) is 1.83. The summed E-state index contributed by atoms with van der Waals surface area (Å²) >= 11 is 4.84. The van der Waals surface area contributed by atoms with Gasteiger partial charge < -0.3 is 4.74 Å². The number of ether oxygens (including phenoxy) is 1. The fourth-order valence-electron chi connectivity index (χ4n) is 2.49. The Hall–Kier alpha value is -1.79. The van der Waals surface area contributed by atoms with E-state index in [1.165, 1.54) is 29.5 Å². The van der Waals surface area contributed by atoms with Gasteiger partial charge in [-0.05, 0) is 42.3 Å². The zero-order chi connectivity index (χ0) is 17.3. The second kappa shape index (κ2) is 6.99. The lowest BCUT2D eigenvalue weighted by Crippen LogP contribution is -2.07. The monoisotopic (exact) mass is 410 g/mol. The number of halogens is 3. The molecule has 0 aliphatic rings. The fraction of sp³-hybridized carbons (Fsp3) is 0.167. The number of hydrogen-bond donors (Lipinski definition) is 0. The Bertz CT molecular complexity index is 921. The molecule has 0 aliphatic carbocycles. The number of carbonyl (C=O) groups excluding carboxylic acids is 1. The molecule has 2 aromatic carbocycles. The average molecular weight is 411 g/mol. The summed E-state index contributed by atoms with van der Waals surface area (Å²) in [5.41, 5.74) is 1.28. The average Bonchev–Trinajstić information content (AvgIpc) is 3.01. The van der Waals surface area contributed by atoms with Gasteiger partial charge in [-0.15, -0.1) is 11.3 Å². The molecule has 0 radical (unpaired) electrons. The molecule has 3 rings (SSSR count). The van der Waals surface area contributed by atoms with Crippen LogP contribution in [0, 0.1) is 11.6 Å². The van der Waals surface area contributed by atoms with E-state index in [9.17, 15) is 13.6 Å². The molecule has 0 spiro atoms. The van der Waals surface area contributed by atoms with Crippen molar-refractivity contribution in [2.45, 2.75) is 12.3 Å². The Morgan fingerprint density at radius 2 is 1.92 bits per heavy atom. The first-order valence-electron chi connectivity index (χ1n) is 7.29. The molecule has 0 bridgehead atoms. The summed E-state index contributed by atoms with van der Waals surface area (Å²) in [4.78, 5) is 12.9. The van der Waals surface area contributed by atoms with Crippen molar-refractivity contribution in [2.75, 3.05) is 6.61 Å². The van der Waals surface area contributed by atoms with Crippen LogP contribution in [0.15, 0.2) is 36.4 Å². The van der Waals surface area contributed by atoms with Crippen LogP contribution in [-0.4, -0.2) is 12.6 Å². The van der Waals surface area contributed by atoms with Gasteiger partial charge in [-0.3, -0.25) is 0 Å². The summed E-state index contributed by atoms with van der Waals surface area (Å²) in [5.74, 6) is -1.64. The third kappa shape index (κ3) is 3.08. The highest BCUT2D eigenvalue weighted by Crippen LogP contribution is 2.37. The van der Waals surface area contributed by atoms with Gasteiger partial charge in [0.25, 0.3) is 0 Å². The predicted molar refractivity (Wildman–Crippen MR) is 95.8 cm³/mol. The van der Waals surface area contributed by atoms with E-state index in [-0.39, 0.29) is 18.0 Å². The molecule has 124 valence electrons. The summed E-state index contributed by atoms with van der Waals surface area (Å²) in [5, 5.41) is 1.15. The molecule has 0 saturated heterocycles. The standard InChI is InChI=1S/C18H13BrF2O2S/c1-2-23-18(22)14-7-10(3-5-16(14)21)12-4-6-15(20)13-8-11(9-19)24-17(12)13/h3-8H,2,9H2,1H3. The Kier molecular flexibility index (Phi) is 4.96. The van der Waals surface area contributed by atoms with Crippen LogP contribution in [0.5, 0.6) is 0 Å². The van der Waals surface area contributed by atoms with Gasteiger partial charge in [0.1, 0.15) is 11.6 Å². The molecule has 6 heteroatoms. The maximum atomic E-state index is 14.1. The number of fused-ring (bicyclic) bond motifs is 1. The van der Waals surface area contributed by atoms with Gasteiger partial charge in [0.2, 0.25) is 0 Å². The molecule has 0 N–H and O–H groups in total. The van der Waals surface area contributed by atoms with Gasteiger partial charge in [0.05, 0.1) is 12.2 Å². The summed E-state index contributed by atoms with van der Waals surface area (Å²) in [6.07, 6.45) is 0. The van der Waals surface area contributed by atoms with Gasteiger partial charge in [-0.25, -0.2) is 13.6 Å². The highest BCUT2D eigenvalue weighted by Gasteiger charge is 2.17. The van der Waals surface area contributed by atoms with Crippen molar-refractivity contribution in [3.8, 4) is 11.1 Å². The number of rotatable bonds is 4. The first-order chi connectivity index (χ1) is 11.5. The number of alkyl halides is 1. The molecule has 1 aromatic heterocycles. The molecule has 3 aromatic rings. The minimum absolute atomic E-state index is 0.121. The Balaban J connectivity index is 2.17. The maximum absolute atomic E-state index is 14.1. The van der Waals surface area contributed by atoms with Crippen molar-refractivity contribution in [1.29, 1.82) is 0 Å². The van der Waals surface area contributed by atoms with E-state index in [0.717, 1.165) is 15.1 Å². The lowest BCUT2D eigenvalue weighted by atomic mass is 10.0. The Labute approximate surface area is 150 Å². The van der Waals surface area contributed by atoms with Crippen LogP contribution in [0.1, 0.15) is 22.2 Å². The molecule has 0 amide bonds. The van der Waals surface area contributed by atoms with Crippen molar-refractivity contribution >= 4 is 43.3 Å².